The lowest BCUT2D eigenvalue weighted by molar-refractivity contribution is 0.572. The van der Waals surface area contributed by atoms with Crippen LogP contribution in [0, 0.1) is 11.6 Å². The minimum Gasteiger partial charge on any atom is -0.356 e. The van der Waals surface area contributed by atoms with Gasteiger partial charge in [0.25, 0.3) is 5.78 Å². The molecule has 130 valence electrons. The van der Waals surface area contributed by atoms with E-state index in [0.717, 1.165) is 12.8 Å². The molecule has 0 spiro atoms. The molecule has 1 aliphatic rings. The van der Waals surface area contributed by atoms with Crippen LogP contribution >= 0.6 is 23.2 Å². The van der Waals surface area contributed by atoms with Crippen molar-refractivity contribution in [1.29, 1.82) is 0 Å². The van der Waals surface area contributed by atoms with Crippen LogP contribution in [0.4, 0.5) is 14.6 Å². The Hall–Kier alpha value is -1.99. The predicted octanol–water partition coefficient (Wildman–Crippen LogP) is 3.93. The quantitative estimate of drug-likeness (QED) is 0.496. The number of hydrogen-bond donors (Lipinski definition) is 0. The van der Waals surface area contributed by atoms with Gasteiger partial charge < -0.3 is 4.90 Å². The summed E-state index contributed by atoms with van der Waals surface area (Å²) < 4.78 is 30.3. The van der Waals surface area contributed by atoms with Gasteiger partial charge in [-0.15, -0.1) is 11.6 Å². The smallest absolute Gasteiger partial charge is 0.255 e. The Morgan fingerprint density at radius 3 is 2.44 bits per heavy atom. The molecule has 1 aromatic carbocycles. The van der Waals surface area contributed by atoms with Crippen molar-refractivity contribution in [3.05, 3.63) is 41.3 Å². The van der Waals surface area contributed by atoms with Crippen LogP contribution in [0.3, 0.4) is 0 Å². The van der Waals surface area contributed by atoms with Gasteiger partial charge in [0.1, 0.15) is 28.9 Å². The number of fused-ring (bicyclic) bond motifs is 1. The standard InChI is InChI=1S/C16H13Cl2F2N5/c17-9-4-6-24(7-5-9)15-13(12-10(19)2-1-3-11(12)20)14(18)23-16-21-8-22-25(15)16/h1-3,8-9H,4-7H2. The Bertz CT molecular complexity index is 917. The molecular weight excluding hydrogens is 371 g/mol. The number of nitrogens with zero attached hydrogens (tertiary/aromatic N) is 5. The highest BCUT2D eigenvalue weighted by atomic mass is 35.5. The minimum absolute atomic E-state index is 0.0208. The number of benzene rings is 1. The lowest BCUT2D eigenvalue weighted by atomic mass is 10.0. The summed E-state index contributed by atoms with van der Waals surface area (Å²) in [6.45, 7) is 1.24. The van der Waals surface area contributed by atoms with Crippen LogP contribution in [0.1, 0.15) is 12.8 Å². The molecule has 3 aromatic rings. The molecule has 2 aromatic heterocycles. The van der Waals surface area contributed by atoms with E-state index in [4.69, 9.17) is 23.2 Å². The first-order valence-corrected chi connectivity index (χ1v) is 8.60. The highest BCUT2D eigenvalue weighted by Crippen LogP contribution is 2.39. The van der Waals surface area contributed by atoms with Crippen LogP contribution in [0.2, 0.25) is 5.15 Å². The fourth-order valence-corrected chi connectivity index (χ4v) is 3.56. The van der Waals surface area contributed by atoms with Gasteiger partial charge in [0.05, 0.1) is 11.1 Å². The van der Waals surface area contributed by atoms with Crippen molar-refractivity contribution >= 4 is 34.8 Å². The Labute approximate surface area is 152 Å². The van der Waals surface area contributed by atoms with E-state index in [2.05, 4.69) is 15.1 Å². The number of piperidine rings is 1. The summed E-state index contributed by atoms with van der Waals surface area (Å²) in [4.78, 5) is 10.1. The Morgan fingerprint density at radius 1 is 1.08 bits per heavy atom. The van der Waals surface area contributed by atoms with Gasteiger partial charge >= 0.3 is 0 Å². The van der Waals surface area contributed by atoms with Crippen LogP contribution in [0.15, 0.2) is 24.5 Å². The Balaban J connectivity index is 2.00. The summed E-state index contributed by atoms with van der Waals surface area (Å²) in [5.74, 6) is -0.679. The molecule has 0 N–H and O–H groups in total. The lowest BCUT2D eigenvalue weighted by Gasteiger charge is -2.32. The molecule has 0 amide bonds. The van der Waals surface area contributed by atoms with Crippen molar-refractivity contribution in [2.45, 2.75) is 18.2 Å². The summed E-state index contributed by atoms with van der Waals surface area (Å²) in [6, 6.07) is 3.69. The number of hydrogen-bond acceptors (Lipinski definition) is 4. The molecule has 0 bridgehead atoms. The van der Waals surface area contributed by atoms with Gasteiger partial charge in [0, 0.05) is 18.5 Å². The third kappa shape index (κ3) is 2.81. The second-order valence-corrected chi connectivity index (χ2v) is 6.81. The van der Waals surface area contributed by atoms with E-state index in [1.54, 1.807) is 0 Å². The van der Waals surface area contributed by atoms with Crippen LogP contribution in [-0.4, -0.2) is 38.0 Å². The van der Waals surface area contributed by atoms with Gasteiger partial charge in [0.15, 0.2) is 0 Å². The molecule has 0 atom stereocenters. The zero-order chi connectivity index (χ0) is 17.6. The first-order chi connectivity index (χ1) is 12.1. The van der Waals surface area contributed by atoms with Gasteiger partial charge in [0.2, 0.25) is 0 Å². The lowest BCUT2D eigenvalue weighted by Crippen LogP contribution is -2.36. The predicted molar refractivity (Wildman–Crippen MR) is 92.2 cm³/mol. The maximum absolute atomic E-state index is 14.4. The van der Waals surface area contributed by atoms with E-state index >= 15 is 0 Å². The fourth-order valence-electron chi connectivity index (χ4n) is 3.11. The zero-order valence-corrected chi connectivity index (χ0v) is 14.5. The van der Waals surface area contributed by atoms with Gasteiger partial charge in [-0.2, -0.15) is 19.6 Å². The van der Waals surface area contributed by atoms with E-state index in [1.807, 2.05) is 4.90 Å². The topological polar surface area (TPSA) is 46.3 Å². The average molecular weight is 384 g/mol. The van der Waals surface area contributed by atoms with E-state index in [-0.39, 0.29) is 27.4 Å². The van der Waals surface area contributed by atoms with Crippen LogP contribution < -0.4 is 4.90 Å². The second kappa shape index (κ2) is 6.38. The molecule has 0 radical (unpaired) electrons. The van der Waals surface area contributed by atoms with E-state index in [1.165, 1.54) is 29.0 Å². The summed E-state index contributed by atoms with van der Waals surface area (Å²) in [5.41, 5.74) is -0.0521. The van der Waals surface area contributed by atoms with Gasteiger partial charge in [-0.3, -0.25) is 0 Å². The number of aromatic nitrogens is 4. The van der Waals surface area contributed by atoms with E-state index in [9.17, 15) is 8.78 Å². The largest absolute Gasteiger partial charge is 0.356 e. The molecule has 5 nitrogen and oxygen atoms in total. The van der Waals surface area contributed by atoms with E-state index < -0.39 is 11.6 Å². The Morgan fingerprint density at radius 2 is 1.76 bits per heavy atom. The molecule has 3 heterocycles. The molecule has 0 aliphatic carbocycles. The summed E-state index contributed by atoms with van der Waals surface area (Å²) in [6.07, 6.45) is 2.83. The third-order valence-corrected chi connectivity index (χ3v) is 5.01. The average Bonchev–Trinajstić information content (AvgIpc) is 3.03. The normalized spacial score (nSPS) is 15.9. The highest BCUT2D eigenvalue weighted by Gasteiger charge is 2.28. The molecule has 1 saturated heterocycles. The van der Waals surface area contributed by atoms with Crippen molar-refractivity contribution in [1.82, 2.24) is 19.6 Å². The Kier molecular flexibility index (Phi) is 4.21. The van der Waals surface area contributed by atoms with Gasteiger partial charge in [-0.05, 0) is 25.0 Å². The third-order valence-electron chi connectivity index (χ3n) is 4.30. The van der Waals surface area contributed by atoms with Crippen molar-refractivity contribution in [2.75, 3.05) is 18.0 Å². The molecule has 25 heavy (non-hydrogen) atoms. The van der Waals surface area contributed by atoms with Crippen LogP contribution in [-0.2, 0) is 0 Å². The maximum Gasteiger partial charge on any atom is 0.255 e. The number of rotatable bonds is 2. The molecule has 9 heteroatoms. The van der Waals surface area contributed by atoms with Crippen molar-refractivity contribution < 1.29 is 8.78 Å². The first-order valence-electron chi connectivity index (χ1n) is 7.79. The number of anilines is 1. The summed E-state index contributed by atoms with van der Waals surface area (Å²) in [5, 5.41) is 4.22. The molecule has 4 rings (SSSR count). The van der Waals surface area contributed by atoms with Crippen LogP contribution in [0.25, 0.3) is 16.9 Å². The maximum atomic E-state index is 14.4. The molecular formula is C16H13Cl2F2N5. The summed E-state index contributed by atoms with van der Waals surface area (Å²) >= 11 is 12.5. The second-order valence-electron chi connectivity index (χ2n) is 5.83. The summed E-state index contributed by atoms with van der Waals surface area (Å²) in [7, 11) is 0. The molecule has 0 saturated carbocycles. The van der Waals surface area contributed by atoms with Crippen LogP contribution in [0.5, 0.6) is 0 Å². The highest BCUT2D eigenvalue weighted by molar-refractivity contribution is 6.33. The van der Waals surface area contributed by atoms with Crippen molar-refractivity contribution in [3.63, 3.8) is 0 Å². The first kappa shape index (κ1) is 16.5. The van der Waals surface area contributed by atoms with Crippen molar-refractivity contribution in [2.24, 2.45) is 0 Å². The van der Waals surface area contributed by atoms with E-state index in [0.29, 0.717) is 18.9 Å². The number of halogens is 4. The monoisotopic (exact) mass is 383 g/mol. The van der Waals surface area contributed by atoms with Gasteiger partial charge in [-0.1, -0.05) is 17.7 Å². The fraction of sp³-hybridized carbons (Fsp3) is 0.312. The minimum atomic E-state index is -0.711. The molecule has 0 unspecified atom stereocenters. The molecule has 1 fully saturated rings. The SMILES string of the molecule is Fc1cccc(F)c1-c1c(Cl)nc2ncnn2c1N1CCC(Cl)CC1. The molecule has 1 aliphatic heterocycles. The number of alkyl halides is 1. The van der Waals surface area contributed by atoms with Crippen molar-refractivity contribution in [3.8, 4) is 11.1 Å². The zero-order valence-electron chi connectivity index (χ0n) is 13.0. The van der Waals surface area contributed by atoms with Gasteiger partial charge in [-0.25, -0.2) is 8.78 Å².